The number of carbonyl (C=O) groups is 1. The van der Waals surface area contributed by atoms with Gasteiger partial charge in [-0.3, -0.25) is 4.79 Å². The molecule has 4 heteroatoms. The molecular weight excluding hydrogens is 242 g/mol. The number of likely N-dealkylation sites (N-methyl/N-ethyl adjacent to an activating group) is 1. The van der Waals surface area contributed by atoms with Crippen LogP contribution >= 0.6 is 0 Å². The molecule has 0 saturated heterocycles. The molecule has 0 bridgehead atoms. The molecular formula is C15H25NO3. The number of unbranched alkanes of at least 4 members (excludes halogenated alkanes) is 2. The van der Waals surface area contributed by atoms with Gasteiger partial charge < -0.3 is 14.4 Å². The van der Waals surface area contributed by atoms with E-state index in [1.807, 2.05) is 6.92 Å². The minimum Gasteiger partial charge on any atom is -0.504 e. The van der Waals surface area contributed by atoms with Crippen molar-refractivity contribution in [3.63, 3.8) is 0 Å². The third-order valence-electron chi connectivity index (χ3n) is 2.48. The molecule has 0 N–H and O–H groups in total. The van der Waals surface area contributed by atoms with Crippen molar-refractivity contribution in [1.82, 2.24) is 4.90 Å². The monoisotopic (exact) mass is 267 g/mol. The second kappa shape index (κ2) is 12.7. The molecule has 19 heavy (non-hydrogen) atoms. The minimum atomic E-state index is 0.607. The van der Waals surface area contributed by atoms with Gasteiger partial charge in [0.15, 0.2) is 0 Å². The number of hydrogen-bond donors (Lipinski definition) is 0. The van der Waals surface area contributed by atoms with E-state index in [0.717, 1.165) is 18.5 Å². The maximum Gasteiger partial charge on any atom is 0.214 e. The van der Waals surface area contributed by atoms with Crippen molar-refractivity contribution in [1.29, 1.82) is 0 Å². The lowest BCUT2D eigenvalue weighted by molar-refractivity contribution is -0.116. The molecule has 0 saturated carbocycles. The average Bonchev–Trinajstić information content (AvgIpc) is 2.43. The predicted molar refractivity (Wildman–Crippen MR) is 77.3 cm³/mol. The normalized spacial score (nSPS) is 12.1. The molecule has 0 unspecified atom stereocenters. The lowest BCUT2D eigenvalue weighted by Gasteiger charge is -2.15. The Hall–Kier alpha value is -1.71. The van der Waals surface area contributed by atoms with Crippen LogP contribution in [0.25, 0.3) is 0 Å². The molecule has 0 heterocycles. The molecule has 0 radical (unpaired) electrons. The Bertz CT molecular complexity index is 309. The highest BCUT2D eigenvalue weighted by molar-refractivity contribution is 5.53. The highest BCUT2D eigenvalue weighted by Gasteiger charge is 2.01. The summed E-state index contributed by atoms with van der Waals surface area (Å²) in [6.45, 7) is 5.38. The van der Waals surface area contributed by atoms with Gasteiger partial charge in [0.2, 0.25) is 6.41 Å². The van der Waals surface area contributed by atoms with Gasteiger partial charge in [0.25, 0.3) is 0 Å². The highest BCUT2D eigenvalue weighted by atomic mass is 16.5. The van der Waals surface area contributed by atoms with Gasteiger partial charge in [-0.15, -0.1) is 0 Å². The largest absolute Gasteiger partial charge is 0.504 e. The Balaban J connectivity index is 4.40. The first kappa shape index (κ1) is 17.3. The Labute approximate surface area is 116 Å². The number of nitrogens with zero attached hydrogens (tertiary/aromatic N) is 1. The molecule has 1 amide bonds. The Morgan fingerprint density at radius 2 is 2.00 bits per heavy atom. The van der Waals surface area contributed by atoms with Crippen LogP contribution in [0.4, 0.5) is 0 Å². The number of amides is 1. The van der Waals surface area contributed by atoms with Crippen molar-refractivity contribution in [2.45, 2.75) is 33.1 Å². The molecule has 108 valence electrons. The summed E-state index contributed by atoms with van der Waals surface area (Å²) < 4.78 is 10.2. The van der Waals surface area contributed by atoms with E-state index >= 15 is 0 Å². The summed E-state index contributed by atoms with van der Waals surface area (Å²) in [7, 11) is 1.58. The average molecular weight is 267 g/mol. The summed E-state index contributed by atoms with van der Waals surface area (Å²) in [4.78, 5) is 12.5. The van der Waals surface area contributed by atoms with Crippen LogP contribution in [0.3, 0.4) is 0 Å². The van der Waals surface area contributed by atoms with E-state index < -0.39 is 0 Å². The number of ether oxygens (including phenoxy) is 2. The van der Waals surface area contributed by atoms with E-state index in [1.165, 1.54) is 12.8 Å². The fourth-order valence-corrected chi connectivity index (χ4v) is 1.40. The van der Waals surface area contributed by atoms with E-state index in [2.05, 4.69) is 6.92 Å². The van der Waals surface area contributed by atoms with E-state index in [0.29, 0.717) is 13.2 Å². The maximum absolute atomic E-state index is 10.9. The van der Waals surface area contributed by atoms with Crippen molar-refractivity contribution in [3.05, 3.63) is 36.4 Å². The number of allylic oxidation sites excluding steroid dienone is 3. The van der Waals surface area contributed by atoms with Crippen molar-refractivity contribution in [2.24, 2.45) is 0 Å². The third-order valence-corrected chi connectivity index (χ3v) is 2.48. The lowest BCUT2D eigenvalue weighted by atomic mass is 10.3. The van der Waals surface area contributed by atoms with Crippen LogP contribution in [0.15, 0.2) is 36.4 Å². The summed E-state index contributed by atoms with van der Waals surface area (Å²) in [5.41, 5.74) is 0.765. The Kier molecular flexibility index (Phi) is 11.6. The molecule has 0 aliphatic carbocycles. The van der Waals surface area contributed by atoms with Gasteiger partial charge in [0.1, 0.15) is 0 Å². The van der Waals surface area contributed by atoms with Crippen LogP contribution in [0.5, 0.6) is 0 Å². The Morgan fingerprint density at radius 3 is 2.58 bits per heavy atom. The molecule has 0 aliphatic rings. The molecule has 0 spiro atoms. The summed E-state index contributed by atoms with van der Waals surface area (Å²) in [6.07, 6.45) is 12.7. The van der Waals surface area contributed by atoms with Gasteiger partial charge in [0, 0.05) is 12.2 Å². The van der Waals surface area contributed by atoms with Crippen molar-refractivity contribution < 1.29 is 14.3 Å². The summed E-state index contributed by atoms with van der Waals surface area (Å²) in [5, 5.41) is 0. The van der Waals surface area contributed by atoms with Gasteiger partial charge in [-0.25, -0.2) is 0 Å². The molecule has 0 rings (SSSR count). The van der Waals surface area contributed by atoms with Gasteiger partial charge in [-0.1, -0.05) is 19.8 Å². The highest BCUT2D eigenvalue weighted by Crippen LogP contribution is 2.05. The zero-order valence-electron chi connectivity index (χ0n) is 12.2. The lowest BCUT2D eigenvalue weighted by Crippen LogP contribution is -2.19. The quantitative estimate of drug-likeness (QED) is 0.250. The fourth-order valence-electron chi connectivity index (χ4n) is 1.40. The van der Waals surface area contributed by atoms with Crippen LogP contribution < -0.4 is 0 Å². The minimum absolute atomic E-state index is 0.607. The van der Waals surface area contributed by atoms with Crippen LogP contribution in [0, 0.1) is 0 Å². The molecule has 4 nitrogen and oxygen atoms in total. The molecule has 0 aliphatic heterocycles. The van der Waals surface area contributed by atoms with Gasteiger partial charge in [-0.2, -0.15) is 0 Å². The number of rotatable bonds is 11. The van der Waals surface area contributed by atoms with E-state index in [-0.39, 0.29) is 0 Å². The zero-order valence-corrected chi connectivity index (χ0v) is 12.2. The molecule has 0 aromatic rings. The zero-order chi connectivity index (χ0) is 14.3. The number of hydrogen-bond acceptors (Lipinski definition) is 3. The topological polar surface area (TPSA) is 38.8 Å². The van der Waals surface area contributed by atoms with Crippen molar-refractivity contribution in [3.8, 4) is 0 Å². The molecule has 0 atom stereocenters. The van der Waals surface area contributed by atoms with Gasteiger partial charge in [-0.05, 0) is 31.6 Å². The second-order valence-corrected chi connectivity index (χ2v) is 3.93. The summed E-state index contributed by atoms with van der Waals surface area (Å²) in [5.74, 6) is 0. The maximum atomic E-state index is 10.9. The fraction of sp³-hybridized carbons (Fsp3) is 0.533. The summed E-state index contributed by atoms with van der Waals surface area (Å²) in [6, 6.07) is 0. The van der Waals surface area contributed by atoms with E-state index in [1.54, 1.807) is 42.8 Å². The standard InChI is InChI=1S/C15H25NO3/c1-4-6-7-12-19-13-10-15(9-8-11-18-3)16(5-2)14-17/h8-11,13-14H,4-7,12H2,1-3H3/b11-8+,13-10+,15-9+. The number of carbonyl (C=O) groups excluding carboxylic acids is 1. The smallest absolute Gasteiger partial charge is 0.214 e. The molecule has 0 fully saturated rings. The molecule has 0 aromatic carbocycles. The van der Waals surface area contributed by atoms with Crippen LogP contribution in [0.1, 0.15) is 33.1 Å². The van der Waals surface area contributed by atoms with Gasteiger partial charge >= 0.3 is 0 Å². The van der Waals surface area contributed by atoms with Gasteiger partial charge in [0.05, 0.1) is 26.2 Å². The molecule has 0 aromatic heterocycles. The first-order chi connectivity index (χ1) is 9.29. The van der Waals surface area contributed by atoms with Crippen LogP contribution in [-0.2, 0) is 14.3 Å². The first-order valence-corrected chi connectivity index (χ1v) is 6.69. The van der Waals surface area contributed by atoms with Crippen molar-refractivity contribution >= 4 is 6.41 Å². The summed E-state index contributed by atoms with van der Waals surface area (Å²) >= 11 is 0. The first-order valence-electron chi connectivity index (χ1n) is 6.69. The van der Waals surface area contributed by atoms with E-state index in [4.69, 9.17) is 9.47 Å². The SMILES string of the molecule is CCCCCO/C=C/C(=C\C=C\OC)N(C=O)CC. The van der Waals surface area contributed by atoms with Crippen molar-refractivity contribution in [2.75, 3.05) is 20.3 Å². The van der Waals surface area contributed by atoms with Crippen LogP contribution in [-0.4, -0.2) is 31.6 Å². The second-order valence-electron chi connectivity index (χ2n) is 3.93. The van der Waals surface area contributed by atoms with Crippen LogP contribution in [0.2, 0.25) is 0 Å². The number of methoxy groups -OCH3 is 1. The Morgan fingerprint density at radius 1 is 1.21 bits per heavy atom. The predicted octanol–water partition coefficient (Wildman–Crippen LogP) is 3.23. The third kappa shape index (κ3) is 8.94. The van der Waals surface area contributed by atoms with E-state index in [9.17, 15) is 4.79 Å².